The average molecular weight is 419 g/mol. The first kappa shape index (κ1) is 22.8. The third-order valence-corrected chi connectivity index (χ3v) is 10.7. The molecule has 10 atom stereocenters. The van der Waals surface area contributed by atoms with Gasteiger partial charge in [-0.3, -0.25) is 0 Å². The van der Waals surface area contributed by atoms with Crippen molar-refractivity contribution in [2.45, 2.75) is 104 Å². The average Bonchev–Trinajstić information content (AvgIpc) is 3.08. The predicted molar refractivity (Wildman–Crippen MR) is 122 cm³/mol. The Morgan fingerprint density at radius 3 is 2.53 bits per heavy atom. The number of aliphatic hydroxyl groups is 3. The molecule has 3 fully saturated rings. The van der Waals surface area contributed by atoms with Crippen molar-refractivity contribution in [3.05, 3.63) is 11.6 Å². The third-order valence-electron chi connectivity index (χ3n) is 10.7. The Morgan fingerprint density at radius 1 is 1.03 bits per heavy atom. The van der Waals surface area contributed by atoms with Gasteiger partial charge < -0.3 is 15.3 Å². The molecule has 0 aromatic rings. The zero-order valence-electron chi connectivity index (χ0n) is 19.8. The van der Waals surface area contributed by atoms with Crippen molar-refractivity contribution in [2.24, 2.45) is 46.3 Å². The minimum Gasteiger partial charge on any atom is -0.396 e. The van der Waals surface area contributed by atoms with E-state index in [0.717, 1.165) is 49.9 Å². The number of aliphatic hydroxyl groups excluding tert-OH is 3. The highest BCUT2D eigenvalue weighted by Crippen LogP contribution is 2.67. The van der Waals surface area contributed by atoms with Gasteiger partial charge in [0, 0.05) is 6.61 Å². The zero-order valence-corrected chi connectivity index (χ0v) is 19.8. The van der Waals surface area contributed by atoms with Crippen LogP contribution in [0.15, 0.2) is 11.6 Å². The van der Waals surface area contributed by atoms with Crippen LogP contribution in [0.25, 0.3) is 0 Å². The third kappa shape index (κ3) is 3.71. The SMILES string of the molecule is CC(CO)CC[C@@H](O)[C@@H](C)[C@H]1CC[C@H]2[C@@H]3CC=C4C[C@@H](O)CC[C@]4(C)[C@H]3CC[C@]12C. The minimum absolute atomic E-state index is 0.124. The van der Waals surface area contributed by atoms with Crippen molar-refractivity contribution in [3.8, 4) is 0 Å². The standard InChI is InChI=1S/C27H46O3/c1-17(16-28)5-10-25(30)18(2)22-8-9-23-21-7-6-19-15-20(29)11-13-26(19,3)24(21)12-14-27(22,23)4/h6,17-18,20-25,28-30H,5,7-16H2,1-4H3/t17?,18-,20-,21-,22+,23-,24-,25+,26-,27+/m0/s1. The Bertz CT molecular complexity index is 644. The molecule has 4 aliphatic rings. The van der Waals surface area contributed by atoms with Gasteiger partial charge in [-0.25, -0.2) is 0 Å². The van der Waals surface area contributed by atoms with Crippen LogP contribution < -0.4 is 0 Å². The summed E-state index contributed by atoms with van der Waals surface area (Å²) in [5.41, 5.74) is 2.23. The van der Waals surface area contributed by atoms with Gasteiger partial charge in [0.2, 0.25) is 0 Å². The molecule has 3 saturated carbocycles. The Balaban J connectivity index is 1.49. The lowest BCUT2D eigenvalue weighted by Gasteiger charge is -2.58. The van der Waals surface area contributed by atoms with Gasteiger partial charge in [-0.1, -0.05) is 39.3 Å². The topological polar surface area (TPSA) is 60.7 Å². The van der Waals surface area contributed by atoms with Crippen LogP contribution in [0, 0.1) is 46.3 Å². The van der Waals surface area contributed by atoms with Crippen LogP contribution in [-0.4, -0.2) is 34.1 Å². The van der Waals surface area contributed by atoms with Gasteiger partial charge >= 0.3 is 0 Å². The molecule has 30 heavy (non-hydrogen) atoms. The number of allylic oxidation sites excluding steroid dienone is 1. The van der Waals surface area contributed by atoms with E-state index >= 15 is 0 Å². The first-order chi connectivity index (χ1) is 14.2. The molecule has 0 spiro atoms. The molecule has 1 unspecified atom stereocenters. The Hall–Kier alpha value is -0.380. The Kier molecular flexibility index (Phi) is 6.48. The van der Waals surface area contributed by atoms with Crippen molar-refractivity contribution < 1.29 is 15.3 Å². The lowest BCUT2D eigenvalue weighted by molar-refractivity contribution is -0.0683. The minimum atomic E-state index is -0.243. The quantitative estimate of drug-likeness (QED) is 0.511. The fraction of sp³-hybridized carbons (Fsp3) is 0.926. The van der Waals surface area contributed by atoms with Crippen LogP contribution in [0.4, 0.5) is 0 Å². The van der Waals surface area contributed by atoms with E-state index in [-0.39, 0.29) is 24.7 Å². The zero-order chi connectivity index (χ0) is 21.7. The second-order valence-corrected chi connectivity index (χ2v) is 12.2. The van der Waals surface area contributed by atoms with Crippen molar-refractivity contribution in [1.29, 1.82) is 0 Å². The molecule has 3 heteroatoms. The van der Waals surface area contributed by atoms with E-state index in [2.05, 4.69) is 33.8 Å². The van der Waals surface area contributed by atoms with Gasteiger partial charge in [-0.2, -0.15) is 0 Å². The van der Waals surface area contributed by atoms with E-state index < -0.39 is 0 Å². The predicted octanol–water partition coefficient (Wildman–Crippen LogP) is 5.33. The molecule has 3 N–H and O–H groups in total. The molecule has 0 amide bonds. The van der Waals surface area contributed by atoms with E-state index in [1.54, 1.807) is 5.57 Å². The van der Waals surface area contributed by atoms with E-state index in [1.807, 2.05) is 0 Å². The molecule has 0 aliphatic heterocycles. The molecule has 4 rings (SSSR count). The van der Waals surface area contributed by atoms with Gasteiger partial charge in [0.1, 0.15) is 0 Å². The van der Waals surface area contributed by atoms with Gasteiger partial charge in [0.05, 0.1) is 12.2 Å². The van der Waals surface area contributed by atoms with Crippen LogP contribution in [0.1, 0.15) is 91.9 Å². The summed E-state index contributed by atoms with van der Waals surface area (Å²) in [7, 11) is 0. The molecule has 0 aromatic carbocycles. The summed E-state index contributed by atoms with van der Waals surface area (Å²) in [6.07, 6.45) is 13.4. The van der Waals surface area contributed by atoms with E-state index in [9.17, 15) is 15.3 Å². The first-order valence-electron chi connectivity index (χ1n) is 12.9. The first-order valence-corrected chi connectivity index (χ1v) is 12.9. The van der Waals surface area contributed by atoms with Gasteiger partial charge in [0.15, 0.2) is 0 Å². The smallest absolute Gasteiger partial charge is 0.0577 e. The highest BCUT2D eigenvalue weighted by molar-refractivity contribution is 5.25. The summed E-state index contributed by atoms with van der Waals surface area (Å²) in [5, 5.41) is 30.5. The van der Waals surface area contributed by atoms with Crippen LogP contribution in [0.2, 0.25) is 0 Å². The van der Waals surface area contributed by atoms with Gasteiger partial charge in [-0.15, -0.1) is 0 Å². The molecule has 0 bridgehead atoms. The molecule has 0 radical (unpaired) electrons. The van der Waals surface area contributed by atoms with Crippen LogP contribution in [-0.2, 0) is 0 Å². The van der Waals surface area contributed by atoms with Crippen LogP contribution >= 0.6 is 0 Å². The molecular weight excluding hydrogens is 372 g/mol. The molecular formula is C27H46O3. The van der Waals surface area contributed by atoms with Crippen LogP contribution in [0.5, 0.6) is 0 Å². The highest BCUT2D eigenvalue weighted by Gasteiger charge is 2.59. The summed E-state index contributed by atoms with van der Waals surface area (Å²) < 4.78 is 0. The maximum atomic E-state index is 11.0. The van der Waals surface area contributed by atoms with E-state index in [4.69, 9.17) is 0 Å². The van der Waals surface area contributed by atoms with Gasteiger partial charge in [0.25, 0.3) is 0 Å². The Labute approximate surface area is 184 Å². The molecule has 0 aromatic heterocycles. The van der Waals surface area contributed by atoms with E-state index in [0.29, 0.717) is 22.7 Å². The normalized spacial score (nSPS) is 46.2. The largest absolute Gasteiger partial charge is 0.396 e. The Morgan fingerprint density at radius 2 is 1.80 bits per heavy atom. The summed E-state index contributed by atoms with van der Waals surface area (Å²) >= 11 is 0. The van der Waals surface area contributed by atoms with Crippen molar-refractivity contribution in [1.82, 2.24) is 0 Å². The van der Waals surface area contributed by atoms with E-state index in [1.165, 1.54) is 32.1 Å². The summed E-state index contributed by atoms with van der Waals surface area (Å²) in [6, 6.07) is 0. The van der Waals surface area contributed by atoms with Crippen molar-refractivity contribution in [2.75, 3.05) is 6.61 Å². The highest BCUT2D eigenvalue weighted by atomic mass is 16.3. The van der Waals surface area contributed by atoms with Crippen molar-refractivity contribution in [3.63, 3.8) is 0 Å². The fourth-order valence-electron chi connectivity index (χ4n) is 8.62. The van der Waals surface area contributed by atoms with Crippen molar-refractivity contribution >= 4 is 0 Å². The summed E-state index contributed by atoms with van der Waals surface area (Å²) in [4.78, 5) is 0. The lowest BCUT2D eigenvalue weighted by Crippen LogP contribution is -2.51. The maximum Gasteiger partial charge on any atom is 0.0577 e. The molecule has 4 aliphatic carbocycles. The second kappa shape index (κ2) is 8.52. The lowest BCUT2D eigenvalue weighted by atomic mass is 9.47. The molecule has 0 heterocycles. The number of hydrogen-bond donors (Lipinski definition) is 3. The fourth-order valence-corrected chi connectivity index (χ4v) is 8.62. The monoisotopic (exact) mass is 418 g/mol. The van der Waals surface area contributed by atoms with Crippen LogP contribution in [0.3, 0.4) is 0 Å². The molecule has 3 nitrogen and oxygen atoms in total. The number of hydrogen-bond acceptors (Lipinski definition) is 3. The second-order valence-electron chi connectivity index (χ2n) is 12.2. The number of fused-ring (bicyclic) bond motifs is 5. The van der Waals surface area contributed by atoms with Gasteiger partial charge in [-0.05, 0) is 111 Å². The maximum absolute atomic E-state index is 11.0. The summed E-state index contributed by atoms with van der Waals surface area (Å²) in [5.74, 6) is 3.61. The molecule has 172 valence electrons. The number of rotatable bonds is 6. The summed E-state index contributed by atoms with van der Waals surface area (Å²) in [6.45, 7) is 9.64. The molecule has 0 saturated heterocycles.